The predicted octanol–water partition coefficient (Wildman–Crippen LogP) is 2.79. The van der Waals surface area contributed by atoms with Crippen LogP contribution in [0.3, 0.4) is 0 Å². The summed E-state index contributed by atoms with van der Waals surface area (Å²) in [6, 6.07) is 10.5. The maximum atomic E-state index is 4.40. The molecule has 1 aliphatic heterocycles. The van der Waals surface area contributed by atoms with Crippen molar-refractivity contribution >= 4 is 28.4 Å². The monoisotopic (exact) mass is 230 g/mol. The minimum absolute atomic E-state index is 1.10. The number of hydrogen-bond donors (Lipinski definition) is 0. The molecule has 1 aromatic carbocycles. The molecule has 0 atom stereocenters. The van der Waals surface area contributed by atoms with Crippen molar-refractivity contribution in [2.75, 3.05) is 29.5 Å². The van der Waals surface area contributed by atoms with Crippen LogP contribution in [0, 0.1) is 0 Å². The van der Waals surface area contributed by atoms with Crippen LogP contribution >= 0.6 is 11.8 Å². The lowest BCUT2D eigenvalue weighted by atomic mass is 10.1. The number of fused-ring (bicyclic) bond motifs is 1. The third-order valence-electron chi connectivity index (χ3n) is 2.98. The van der Waals surface area contributed by atoms with E-state index in [1.54, 1.807) is 0 Å². The molecule has 16 heavy (non-hydrogen) atoms. The predicted molar refractivity (Wildman–Crippen MR) is 71.3 cm³/mol. The van der Waals surface area contributed by atoms with E-state index in [1.165, 1.54) is 22.6 Å². The van der Waals surface area contributed by atoms with Crippen LogP contribution in [0.25, 0.3) is 10.9 Å². The molecule has 3 heteroatoms. The fourth-order valence-corrected chi connectivity index (χ4v) is 3.06. The molecule has 1 aliphatic rings. The second-order valence-corrected chi connectivity index (χ2v) is 5.17. The van der Waals surface area contributed by atoms with Gasteiger partial charge in [0.1, 0.15) is 0 Å². The fraction of sp³-hybridized carbons (Fsp3) is 0.308. The fourth-order valence-electron chi connectivity index (χ4n) is 2.16. The van der Waals surface area contributed by atoms with Gasteiger partial charge in [0.05, 0.1) is 5.52 Å². The van der Waals surface area contributed by atoms with E-state index in [9.17, 15) is 0 Å². The van der Waals surface area contributed by atoms with Gasteiger partial charge < -0.3 is 4.90 Å². The van der Waals surface area contributed by atoms with Gasteiger partial charge in [0, 0.05) is 41.9 Å². The number of para-hydroxylation sites is 1. The van der Waals surface area contributed by atoms with E-state index < -0.39 is 0 Å². The molecule has 1 fully saturated rings. The molecular weight excluding hydrogens is 216 g/mol. The van der Waals surface area contributed by atoms with E-state index in [1.807, 2.05) is 24.0 Å². The van der Waals surface area contributed by atoms with Gasteiger partial charge in [-0.25, -0.2) is 0 Å². The highest BCUT2D eigenvalue weighted by Crippen LogP contribution is 2.26. The summed E-state index contributed by atoms with van der Waals surface area (Å²) in [7, 11) is 0. The van der Waals surface area contributed by atoms with E-state index in [2.05, 4.69) is 34.1 Å². The van der Waals surface area contributed by atoms with Gasteiger partial charge in [0.15, 0.2) is 0 Å². The average molecular weight is 230 g/mol. The van der Waals surface area contributed by atoms with E-state index in [-0.39, 0.29) is 0 Å². The van der Waals surface area contributed by atoms with Gasteiger partial charge in [-0.15, -0.1) is 0 Å². The van der Waals surface area contributed by atoms with Crippen LogP contribution in [-0.2, 0) is 0 Å². The molecule has 0 saturated carbocycles. The maximum absolute atomic E-state index is 4.40. The zero-order valence-corrected chi connectivity index (χ0v) is 9.91. The van der Waals surface area contributed by atoms with Crippen LogP contribution in [0.4, 0.5) is 5.69 Å². The van der Waals surface area contributed by atoms with Crippen molar-refractivity contribution in [3.63, 3.8) is 0 Å². The van der Waals surface area contributed by atoms with Gasteiger partial charge >= 0.3 is 0 Å². The summed E-state index contributed by atoms with van der Waals surface area (Å²) < 4.78 is 0. The van der Waals surface area contributed by atoms with Crippen molar-refractivity contribution in [1.82, 2.24) is 4.98 Å². The summed E-state index contributed by atoms with van der Waals surface area (Å²) in [5, 5.41) is 1.27. The van der Waals surface area contributed by atoms with Crippen molar-refractivity contribution in [3.8, 4) is 0 Å². The summed E-state index contributed by atoms with van der Waals surface area (Å²) in [5.41, 5.74) is 2.43. The van der Waals surface area contributed by atoms with Crippen molar-refractivity contribution in [2.45, 2.75) is 0 Å². The molecule has 1 saturated heterocycles. The number of benzene rings is 1. The Bertz CT molecular complexity index is 487. The van der Waals surface area contributed by atoms with Crippen LogP contribution in [0.15, 0.2) is 36.5 Å². The largest absolute Gasteiger partial charge is 0.369 e. The molecule has 0 radical (unpaired) electrons. The normalized spacial score (nSPS) is 16.6. The molecule has 1 aromatic heterocycles. The second kappa shape index (κ2) is 4.34. The molecule has 3 rings (SSSR count). The van der Waals surface area contributed by atoms with Crippen molar-refractivity contribution in [3.05, 3.63) is 36.5 Å². The number of rotatable bonds is 1. The van der Waals surface area contributed by atoms with E-state index >= 15 is 0 Å². The lowest BCUT2D eigenvalue weighted by molar-refractivity contribution is 0.862. The van der Waals surface area contributed by atoms with E-state index in [4.69, 9.17) is 0 Å². The number of nitrogens with zero attached hydrogens (tertiary/aromatic N) is 2. The van der Waals surface area contributed by atoms with Crippen LogP contribution in [-0.4, -0.2) is 29.6 Å². The number of hydrogen-bond acceptors (Lipinski definition) is 3. The topological polar surface area (TPSA) is 16.1 Å². The summed E-state index contributed by atoms with van der Waals surface area (Å²) in [4.78, 5) is 6.88. The van der Waals surface area contributed by atoms with Gasteiger partial charge in [0.2, 0.25) is 0 Å². The summed E-state index contributed by atoms with van der Waals surface area (Å²) in [6.07, 6.45) is 1.92. The molecule has 0 amide bonds. The molecule has 0 aliphatic carbocycles. The molecule has 82 valence electrons. The van der Waals surface area contributed by atoms with Gasteiger partial charge in [-0.2, -0.15) is 11.8 Å². The third kappa shape index (κ3) is 1.76. The third-order valence-corrected chi connectivity index (χ3v) is 3.92. The van der Waals surface area contributed by atoms with Crippen LogP contribution < -0.4 is 4.90 Å². The Labute approximate surface area is 99.7 Å². The first-order chi connectivity index (χ1) is 7.95. The second-order valence-electron chi connectivity index (χ2n) is 3.95. The SMILES string of the molecule is c1ccc2c(N3CCSCC3)ccnc2c1. The Hall–Kier alpha value is -1.22. The molecular formula is C13H14N2S. The highest BCUT2D eigenvalue weighted by atomic mass is 32.2. The Kier molecular flexibility index (Phi) is 2.70. The zero-order chi connectivity index (χ0) is 10.8. The molecule has 2 heterocycles. The van der Waals surface area contributed by atoms with Crippen molar-refractivity contribution in [1.29, 1.82) is 0 Å². The first-order valence-electron chi connectivity index (χ1n) is 5.61. The number of thioether (sulfide) groups is 1. The highest BCUT2D eigenvalue weighted by molar-refractivity contribution is 7.99. The quantitative estimate of drug-likeness (QED) is 0.749. The zero-order valence-electron chi connectivity index (χ0n) is 9.10. The van der Waals surface area contributed by atoms with Gasteiger partial charge in [-0.05, 0) is 12.1 Å². The first-order valence-corrected chi connectivity index (χ1v) is 6.77. The molecule has 0 spiro atoms. The number of aromatic nitrogens is 1. The molecule has 2 nitrogen and oxygen atoms in total. The van der Waals surface area contributed by atoms with Crippen molar-refractivity contribution in [2.24, 2.45) is 0 Å². The number of pyridine rings is 1. The van der Waals surface area contributed by atoms with Gasteiger partial charge in [-0.3, -0.25) is 4.98 Å². The van der Waals surface area contributed by atoms with Crippen LogP contribution in [0.2, 0.25) is 0 Å². The Morgan fingerprint density at radius 2 is 1.88 bits per heavy atom. The number of anilines is 1. The van der Waals surface area contributed by atoms with E-state index in [0.717, 1.165) is 18.6 Å². The average Bonchev–Trinajstić information content (AvgIpc) is 2.39. The van der Waals surface area contributed by atoms with Gasteiger partial charge in [0.25, 0.3) is 0 Å². The van der Waals surface area contributed by atoms with Gasteiger partial charge in [-0.1, -0.05) is 18.2 Å². The summed E-state index contributed by atoms with van der Waals surface area (Å²) in [6.45, 7) is 2.30. The van der Waals surface area contributed by atoms with Crippen LogP contribution in [0.5, 0.6) is 0 Å². The molecule has 0 N–H and O–H groups in total. The lowest BCUT2D eigenvalue weighted by Crippen LogP contribution is -2.32. The molecule has 2 aromatic rings. The first kappa shape index (κ1) is 9.97. The standard InChI is InChI=1S/C13H14N2S/c1-2-4-12-11(3-1)13(5-6-14-12)15-7-9-16-10-8-15/h1-6H,7-10H2. The van der Waals surface area contributed by atoms with Crippen molar-refractivity contribution < 1.29 is 0 Å². The van der Waals surface area contributed by atoms with E-state index in [0.29, 0.717) is 0 Å². The maximum Gasteiger partial charge on any atom is 0.0722 e. The Morgan fingerprint density at radius 3 is 2.75 bits per heavy atom. The minimum Gasteiger partial charge on any atom is -0.369 e. The Morgan fingerprint density at radius 1 is 1.06 bits per heavy atom. The summed E-state index contributed by atoms with van der Waals surface area (Å²) >= 11 is 2.04. The molecule has 0 bridgehead atoms. The lowest BCUT2D eigenvalue weighted by Gasteiger charge is -2.29. The van der Waals surface area contributed by atoms with Crippen LogP contribution in [0.1, 0.15) is 0 Å². The minimum atomic E-state index is 1.10. The molecule has 0 unspecified atom stereocenters. The highest BCUT2D eigenvalue weighted by Gasteiger charge is 2.13. The smallest absolute Gasteiger partial charge is 0.0722 e. The summed E-state index contributed by atoms with van der Waals surface area (Å²) in [5.74, 6) is 2.47. The Balaban J connectivity index is 2.08.